The number of piperidine rings is 1. The number of rotatable bonds is 2. The standard InChI is InChI=1S/C13H20N2O3S/c1-9-4-3-7-15(10(9)2)19(17,18)11-5-6-13(16)12(14)8-11/h5-6,8-10,16H,3-4,7,14H2,1-2H3. The Labute approximate surface area is 114 Å². The topological polar surface area (TPSA) is 83.6 Å². The number of nitrogens with two attached hydrogens (primary N) is 1. The third kappa shape index (κ3) is 2.55. The van der Waals surface area contributed by atoms with E-state index in [1.165, 1.54) is 22.5 Å². The molecule has 1 aromatic carbocycles. The lowest BCUT2D eigenvalue weighted by molar-refractivity contribution is 0.202. The first-order valence-corrected chi connectivity index (χ1v) is 7.88. The second-order valence-corrected chi connectivity index (χ2v) is 7.09. The highest BCUT2D eigenvalue weighted by atomic mass is 32.2. The Kier molecular flexibility index (Phi) is 3.73. The van der Waals surface area contributed by atoms with Gasteiger partial charge in [0.05, 0.1) is 10.6 Å². The summed E-state index contributed by atoms with van der Waals surface area (Å²) in [5.41, 5.74) is 5.66. The summed E-state index contributed by atoms with van der Waals surface area (Å²) >= 11 is 0. The van der Waals surface area contributed by atoms with Gasteiger partial charge >= 0.3 is 0 Å². The van der Waals surface area contributed by atoms with Crippen molar-refractivity contribution in [2.75, 3.05) is 12.3 Å². The first kappa shape index (κ1) is 14.1. The third-order valence-electron chi connectivity index (χ3n) is 3.92. The molecule has 0 aromatic heterocycles. The summed E-state index contributed by atoms with van der Waals surface area (Å²) in [5.74, 6) is 0.247. The summed E-state index contributed by atoms with van der Waals surface area (Å²) in [6, 6.07) is 4.01. The molecule has 0 amide bonds. The van der Waals surface area contributed by atoms with Gasteiger partial charge in [0.25, 0.3) is 0 Å². The van der Waals surface area contributed by atoms with Crippen molar-refractivity contribution >= 4 is 15.7 Å². The Hall–Kier alpha value is -1.27. The van der Waals surface area contributed by atoms with Crippen LogP contribution in [-0.4, -0.2) is 30.4 Å². The molecule has 19 heavy (non-hydrogen) atoms. The molecule has 106 valence electrons. The van der Waals surface area contributed by atoms with Crippen LogP contribution in [0.2, 0.25) is 0 Å². The molecule has 1 fully saturated rings. The van der Waals surface area contributed by atoms with E-state index >= 15 is 0 Å². The Bertz CT molecular complexity index is 571. The number of anilines is 1. The van der Waals surface area contributed by atoms with Crippen LogP contribution in [0.4, 0.5) is 5.69 Å². The lowest BCUT2D eigenvalue weighted by Gasteiger charge is -2.36. The summed E-state index contributed by atoms with van der Waals surface area (Å²) in [6.45, 7) is 4.54. The van der Waals surface area contributed by atoms with Gasteiger partial charge in [-0.1, -0.05) is 6.92 Å². The molecule has 0 aliphatic carbocycles. The van der Waals surface area contributed by atoms with Gasteiger partial charge in [-0.3, -0.25) is 0 Å². The van der Waals surface area contributed by atoms with Gasteiger partial charge in [0, 0.05) is 12.6 Å². The number of hydrogen-bond acceptors (Lipinski definition) is 4. The van der Waals surface area contributed by atoms with Crippen molar-refractivity contribution in [3.05, 3.63) is 18.2 Å². The van der Waals surface area contributed by atoms with E-state index in [1.54, 1.807) is 0 Å². The Morgan fingerprint density at radius 3 is 2.68 bits per heavy atom. The van der Waals surface area contributed by atoms with Crippen LogP contribution < -0.4 is 5.73 Å². The second kappa shape index (κ2) is 5.02. The van der Waals surface area contributed by atoms with Crippen molar-refractivity contribution in [3.63, 3.8) is 0 Å². The highest BCUT2D eigenvalue weighted by molar-refractivity contribution is 7.89. The summed E-state index contributed by atoms with van der Waals surface area (Å²) in [5, 5.41) is 9.38. The maximum atomic E-state index is 12.6. The maximum absolute atomic E-state index is 12.6. The molecule has 1 aliphatic rings. The van der Waals surface area contributed by atoms with E-state index in [4.69, 9.17) is 5.73 Å². The van der Waals surface area contributed by atoms with E-state index in [1.807, 2.05) is 6.92 Å². The van der Waals surface area contributed by atoms with Crippen LogP contribution in [-0.2, 0) is 10.0 Å². The van der Waals surface area contributed by atoms with E-state index in [0.29, 0.717) is 12.5 Å². The SMILES string of the molecule is CC1CCCN(S(=O)(=O)c2ccc(O)c(N)c2)C1C. The van der Waals surface area contributed by atoms with Gasteiger partial charge in [-0.05, 0) is 43.9 Å². The van der Waals surface area contributed by atoms with Gasteiger partial charge in [0.2, 0.25) is 10.0 Å². The molecule has 6 heteroatoms. The first-order valence-electron chi connectivity index (χ1n) is 6.44. The zero-order valence-corrected chi connectivity index (χ0v) is 12.0. The van der Waals surface area contributed by atoms with Crippen molar-refractivity contribution < 1.29 is 13.5 Å². The van der Waals surface area contributed by atoms with E-state index in [9.17, 15) is 13.5 Å². The van der Waals surface area contributed by atoms with Crippen LogP contribution in [0.3, 0.4) is 0 Å². The third-order valence-corrected chi connectivity index (χ3v) is 5.90. The van der Waals surface area contributed by atoms with Gasteiger partial charge in [0.15, 0.2) is 0 Å². The number of sulfonamides is 1. The fourth-order valence-electron chi connectivity index (χ4n) is 2.47. The molecular formula is C13H20N2O3S. The minimum Gasteiger partial charge on any atom is -0.506 e. The van der Waals surface area contributed by atoms with Gasteiger partial charge in [0.1, 0.15) is 5.75 Å². The van der Waals surface area contributed by atoms with Crippen molar-refractivity contribution in [2.45, 2.75) is 37.6 Å². The van der Waals surface area contributed by atoms with Gasteiger partial charge in [-0.2, -0.15) is 4.31 Å². The van der Waals surface area contributed by atoms with E-state index in [0.717, 1.165) is 12.8 Å². The second-order valence-electron chi connectivity index (χ2n) is 5.20. The van der Waals surface area contributed by atoms with Crippen LogP contribution >= 0.6 is 0 Å². The smallest absolute Gasteiger partial charge is 0.243 e. The molecule has 1 aliphatic heterocycles. The summed E-state index contributed by atoms with van der Waals surface area (Å²) in [6.07, 6.45) is 1.92. The molecule has 0 saturated carbocycles. The molecule has 0 bridgehead atoms. The van der Waals surface area contributed by atoms with Crippen LogP contribution in [0.15, 0.2) is 23.1 Å². The number of hydrogen-bond donors (Lipinski definition) is 2. The monoisotopic (exact) mass is 284 g/mol. The lowest BCUT2D eigenvalue weighted by Crippen LogP contribution is -2.45. The molecule has 3 N–H and O–H groups in total. The molecule has 1 heterocycles. The van der Waals surface area contributed by atoms with Crippen LogP contribution in [0.1, 0.15) is 26.7 Å². The molecule has 1 aromatic rings. The number of aromatic hydroxyl groups is 1. The van der Waals surface area contributed by atoms with E-state index in [-0.39, 0.29) is 22.4 Å². The highest BCUT2D eigenvalue weighted by Crippen LogP contribution is 2.31. The lowest BCUT2D eigenvalue weighted by atomic mass is 9.94. The molecule has 2 rings (SSSR count). The molecular weight excluding hydrogens is 264 g/mol. The number of benzene rings is 1. The van der Waals surface area contributed by atoms with E-state index < -0.39 is 10.0 Å². The number of phenolic OH excluding ortho intramolecular Hbond substituents is 1. The first-order chi connectivity index (χ1) is 8.84. The largest absolute Gasteiger partial charge is 0.506 e. The Morgan fingerprint density at radius 2 is 2.05 bits per heavy atom. The van der Waals surface area contributed by atoms with Crippen LogP contribution in [0, 0.1) is 5.92 Å². The fourth-order valence-corrected chi connectivity index (χ4v) is 4.27. The predicted octanol–water partition coefficient (Wildman–Crippen LogP) is 1.78. The average molecular weight is 284 g/mol. The average Bonchev–Trinajstić information content (AvgIpc) is 2.35. The van der Waals surface area contributed by atoms with Crippen molar-refractivity contribution in [3.8, 4) is 5.75 Å². The quantitative estimate of drug-likeness (QED) is 0.640. The Morgan fingerprint density at radius 1 is 1.37 bits per heavy atom. The van der Waals surface area contributed by atoms with Crippen molar-refractivity contribution in [2.24, 2.45) is 5.92 Å². The summed E-state index contributed by atoms with van der Waals surface area (Å²) < 4.78 is 26.7. The number of phenols is 1. The fraction of sp³-hybridized carbons (Fsp3) is 0.538. The van der Waals surface area contributed by atoms with Gasteiger partial charge in [-0.25, -0.2) is 8.42 Å². The zero-order chi connectivity index (χ0) is 14.2. The van der Waals surface area contributed by atoms with Gasteiger partial charge < -0.3 is 10.8 Å². The normalized spacial score (nSPS) is 25.4. The molecule has 0 radical (unpaired) electrons. The van der Waals surface area contributed by atoms with Gasteiger partial charge in [-0.15, -0.1) is 0 Å². The number of nitrogen functional groups attached to an aromatic ring is 1. The number of nitrogens with zero attached hydrogens (tertiary/aromatic N) is 1. The predicted molar refractivity (Wildman–Crippen MR) is 74.3 cm³/mol. The molecule has 2 unspecified atom stereocenters. The minimum atomic E-state index is -3.54. The van der Waals surface area contributed by atoms with Crippen molar-refractivity contribution in [1.82, 2.24) is 4.31 Å². The zero-order valence-electron chi connectivity index (χ0n) is 11.2. The molecule has 0 spiro atoms. The van der Waals surface area contributed by atoms with Crippen LogP contribution in [0.25, 0.3) is 0 Å². The Balaban J connectivity index is 2.38. The maximum Gasteiger partial charge on any atom is 0.243 e. The minimum absolute atomic E-state index is 0.0197. The van der Waals surface area contributed by atoms with E-state index in [2.05, 4.69) is 6.92 Å². The highest BCUT2D eigenvalue weighted by Gasteiger charge is 2.34. The molecule has 1 saturated heterocycles. The van der Waals surface area contributed by atoms with Crippen molar-refractivity contribution in [1.29, 1.82) is 0 Å². The molecule has 2 atom stereocenters. The summed E-state index contributed by atoms with van der Waals surface area (Å²) in [7, 11) is -3.54. The molecule has 5 nitrogen and oxygen atoms in total. The van der Waals surface area contributed by atoms with Crippen LogP contribution in [0.5, 0.6) is 5.75 Å². The summed E-state index contributed by atoms with van der Waals surface area (Å²) in [4.78, 5) is 0.142.